The van der Waals surface area contributed by atoms with Crippen LogP contribution >= 0.6 is 11.6 Å². The lowest BCUT2D eigenvalue weighted by atomic mass is 9.88. The second kappa shape index (κ2) is 4.39. The number of nitrogens with one attached hydrogen (secondary N) is 1. The Kier molecular flexibility index (Phi) is 2.83. The highest BCUT2D eigenvalue weighted by atomic mass is 35.5. The van der Waals surface area contributed by atoms with E-state index in [0.717, 1.165) is 27.9 Å². The third-order valence-corrected chi connectivity index (χ3v) is 3.83. The molecule has 3 heteroatoms. The molecule has 2 nitrogen and oxygen atoms in total. The van der Waals surface area contributed by atoms with Crippen LogP contribution in [-0.4, -0.2) is 5.91 Å². The van der Waals surface area contributed by atoms with Gasteiger partial charge < -0.3 is 5.32 Å². The molecule has 1 aliphatic heterocycles. The molecule has 0 bridgehead atoms. The summed E-state index contributed by atoms with van der Waals surface area (Å²) in [4.78, 5) is 12.3. The molecule has 0 saturated heterocycles. The molecule has 0 radical (unpaired) electrons. The van der Waals surface area contributed by atoms with E-state index in [0.29, 0.717) is 5.02 Å². The Hall–Kier alpha value is -1.80. The Morgan fingerprint density at radius 2 is 1.84 bits per heavy atom. The molecule has 3 rings (SSSR count). The quantitative estimate of drug-likeness (QED) is 0.833. The van der Waals surface area contributed by atoms with Gasteiger partial charge in [-0.05, 0) is 42.7 Å². The molecule has 1 amide bonds. The van der Waals surface area contributed by atoms with Crippen molar-refractivity contribution in [2.24, 2.45) is 0 Å². The first kappa shape index (κ1) is 12.2. The monoisotopic (exact) mass is 271 g/mol. The maximum Gasteiger partial charge on any atom is 0.236 e. The fraction of sp³-hybridized carbons (Fsp3) is 0.188. The number of amides is 1. The number of rotatable bonds is 1. The van der Waals surface area contributed by atoms with E-state index in [4.69, 9.17) is 11.6 Å². The van der Waals surface area contributed by atoms with Crippen LogP contribution in [0.1, 0.15) is 28.2 Å². The molecule has 0 fully saturated rings. The standard InChI is InChI=1S/C16H14ClNO/c1-9-3-4-10(2)13(7-9)15-12-6-5-11(17)8-14(12)18-16(15)19/h3-8,15H,1-2H3,(H,18,19). The number of carbonyl (C=O) groups excluding carboxylic acids is 1. The number of benzene rings is 2. The summed E-state index contributed by atoms with van der Waals surface area (Å²) < 4.78 is 0. The van der Waals surface area contributed by atoms with Crippen LogP contribution in [0.3, 0.4) is 0 Å². The zero-order valence-electron chi connectivity index (χ0n) is 10.8. The second-order valence-corrected chi connectivity index (χ2v) is 5.45. The molecular formula is C16H14ClNO. The number of hydrogen-bond donors (Lipinski definition) is 1. The lowest BCUT2D eigenvalue weighted by Crippen LogP contribution is -2.14. The van der Waals surface area contributed by atoms with Crippen molar-refractivity contribution >= 4 is 23.2 Å². The molecule has 2 aromatic rings. The van der Waals surface area contributed by atoms with E-state index in [1.807, 2.05) is 26.0 Å². The molecule has 0 spiro atoms. The highest BCUT2D eigenvalue weighted by molar-refractivity contribution is 6.31. The summed E-state index contributed by atoms with van der Waals surface area (Å²) in [5.41, 5.74) is 5.19. The number of anilines is 1. The van der Waals surface area contributed by atoms with E-state index in [9.17, 15) is 4.79 Å². The predicted octanol–water partition coefficient (Wildman–Crippen LogP) is 4.04. The van der Waals surface area contributed by atoms with Crippen LogP contribution in [-0.2, 0) is 4.79 Å². The molecule has 1 N–H and O–H groups in total. The van der Waals surface area contributed by atoms with Crippen LogP contribution in [0, 0.1) is 13.8 Å². The van der Waals surface area contributed by atoms with Gasteiger partial charge in [-0.15, -0.1) is 0 Å². The topological polar surface area (TPSA) is 29.1 Å². The molecule has 1 atom stereocenters. The average Bonchev–Trinajstić information content (AvgIpc) is 2.67. The van der Waals surface area contributed by atoms with Crippen molar-refractivity contribution in [2.45, 2.75) is 19.8 Å². The maximum absolute atomic E-state index is 12.3. The van der Waals surface area contributed by atoms with E-state index in [1.165, 1.54) is 0 Å². The summed E-state index contributed by atoms with van der Waals surface area (Å²) >= 11 is 5.97. The molecule has 0 saturated carbocycles. The van der Waals surface area contributed by atoms with Crippen molar-refractivity contribution < 1.29 is 4.79 Å². The molecule has 0 aromatic heterocycles. The van der Waals surface area contributed by atoms with E-state index in [2.05, 4.69) is 23.5 Å². The number of hydrogen-bond acceptors (Lipinski definition) is 1. The van der Waals surface area contributed by atoms with Crippen molar-refractivity contribution in [1.29, 1.82) is 0 Å². The third kappa shape index (κ3) is 2.02. The van der Waals surface area contributed by atoms with Crippen LogP contribution in [0.25, 0.3) is 0 Å². The van der Waals surface area contributed by atoms with E-state index < -0.39 is 0 Å². The van der Waals surface area contributed by atoms with Gasteiger partial charge in [0.05, 0.1) is 5.92 Å². The Morgan fingerprint density at radius 3 is 2.63 bits per heavy atom. The molecule has 19 heavy (non-hydrogen) atoms. The van der Waals surface area contributed by atoms with Crippen molar-refractivity contribution in [3.05, 3.63) is 63.7 Å². The van der Waals surface area contributed by atoms with E-state index in [-0.39, 0.29) is 11.8 Å². The first-order chi connectivity index (χ1) is 9.06. The molecule has 2 aromatic carbocycles. The molecule has 1 unspecified atom stereocenters. The van der Waals surface area contributed by atoms with Gasteiger partial charge >= 0.3 is 0 Å². The van der Waals surface area contributed by atoms with Crippen LogP contribution in [0.2, 0.25) is 5.02 Å². The van der Waals surface area contributed by atoms with Crippen molar-refractivity contribution in [3.8, 4) is 0 Å². The maximum atomic E-state index is 12.3. The van der Waals surface area contributed by atoms with Gasteiger partial charge in [0.1, 0.15) is 0 Å². The number of carbonyl (C=O) groups is 1. The first-order valence-corrected chi connectivity index (χ1v) is 6.61. The van der Waals surface area contributed by atoms with Crippen LogP contribution in [0.4, 0.5) is 5.69 Å². The second-order valence-electron chi connectivity index (χ2n) is 5.01. The first-order valence-electron chi connectivity index (χ1n) is 6.24. The average molecular weight is 272 g/mol. The van der Waals surface area contributed by atoms with Gasteiger partial charge in [0.2, 0.25) is 5.91 Å². The van der Waals surface area contributed by atoms with Gasteiger partial charge in [-0.1, -0.05) is 41.4 Å². The van der Waals surface area contributed by atoms with Crippen molar-refractivity contribution in [1.82, 2.24) is 0 Å². The van der Waals surface area contributed by atoms with Crippen molar-refractivity contribution in [2.75, 3.05) is 5.32 Å². The highest BCUT2D eigenvalue weighted by Gasteiger charge is 2.32. The molecule has 96 valence electrons. The van der Waals surface area contributed by atoms with Crippen LogP contribution in [0.5, 0.6) is 0 Å². The fourth-order valence-electron chi connectivity index (χ4n) is 2.61. The molecular weight excluding hydrogens is 258 g/mol. The predicted molar refractivity (Wildman–Crippen MR) is 77.8 cm³/mol. The zero-order chi connectivity index (χ0) is 13.6. The Balaban J connectivity index is 2.16. The third-order valence-electron chi connectivity index (χ3n) is 3.59. The minimum absolute atomic E-state index is 0.0194. The van der Waals surface area contributed by atoms with Gasteiger partial charge in [0.25, 0.3) is 0 Å². The Bertz CT molecular complexity index is 678. The smallest absolute Gasteiger partial charge is 0.236 e. The SMILES string of the molecule is Cc1ccc(C)c(C2C(=O)Nc3cc(Cl)ccc32)c1. The lowest BCUT2D eigenvalue weighted by Gasteiger charge is -2.13. The summed E-state index contributed by atoms with van der Waals surface area (Å²) in [6.07, 6.45) is 0. The molecule has 1 heterocycles. The van der Waals surface area contributed by atoms with Crippen LogP contribution in [0.15, 0.2) is 36.4 Å². The van der Waals surface area contributed by atoms with Gasteiger partial charge in [0, 0.05) is 10.7 Å². The number of fused-ring (bicyclic) bond motifs is 1. The van der Waals surface area contributed by atoms with E-state index >= 15 is 0 Å². The van der Waals surface area contributed by atoms with Crippen molar-refractivity contribution in [3.63, 3.8) is 0 Å². The molecule has 1 aliphatic rings. The molecule has 0 aliphatic carbocycles. The summed E-state index contributed by atoms with van der Waals surface area (Å²) in [5.74, 6) is -0.210. The van der Waals surface area contributed by atoms with Gasteiger partial charge in [-0.2, -0.15) is 0 Å². The number of halogens is 1. The Labute approximate surface area is 117 Å². The summed E-state index contributed by atoms with van der Waals surface area (Å²) in [6.45, 7) is 4.08. The summed E-state index contributed by atoms with van der Waals surface area (Å²) in [7, 11) is 0. The largest absolute Gasteiger partial charge is 0.325 e. The minimum Gasteiger partial charge on any atom is -0.325 e. The lowest BCUT2D eigenvalue weighted by molar-refractivity contribution is -0.116. The summed E-state index contributed by atoms with van der Waals surface area (Å²) in [6, 6.07) is 11.8. The highest BCUT2D eigenvalue weighted by Crippen LogP contribution is 2.39. The van der Waals surface area contributed by atoms with Crippen LogP contribution < -0.4 is 5.32 Å². The summed E-state index contributed by atoms with van der Waals surface area (Å²) in [5, 5.41) is 3.55. The fourth-order valence-corrected chi connectivity index (χ4v) is 2.79. The zero-order valence-corrected chi connectivity index (χ0v) is 11.6. The Morgan fingerprint density at radius 1 is 1.05 bits per heavy atom. The van der Waals surface area contributed by atoms with Gasteiger partial charge in [-0.25, -0.2) is 0 Å². The van der Waals surface area contributed by atoms with Gasteiger partial charge in [0.15, 0.2) is 0 Å². The minimum atomic E-state index is -0.229. The van der Waals surface area contributed by atoms with Gasteiger partial charge in [-0.3, -0.25) is 4.79 Å². The van der Waals surface area contributed by atoms with E-state index in [1.54, 1.807) is 6.07 Å². The normalized spacial score (nSPS) is 17.2. The number of aryl methyl sites for hydroxylation is 2.